The summed E-state index contributed by atoms with van der Waals surface area (Å²) in [7, 11) is 0. The average molecular weight is 420 g/mol. The zero-order chi connectivity index (χ0) is 21.2. The molecule has 0 saturated carbocycles. The third-order valence-electron chi connectivity index (χ3n) is 4.77. The van der Waals surface area contributed by atoms with Gasteiger partial charge in [-0.05, 0) is 56.5 Å². The van der Waals surface area contributed by atoms with Crippen LogP contribution in [0.1, 0.15) is 31.9 Å². The molecule has 29 heavy (non-hydrogen) atoms. The maximum Gasteiger partial charge on any atom is 0.410 e. The molecule has 1 fully saturated rings. The Morgan fingerprint density at radius 1 is 1.28 bits per heavy atom. The van der Waals surface area contributed by atoms with Crippen molar-refractivity contribution in [2.75, 3.05) is 19.7 Å². The van der Waals surface area contributed by atoms with Gasteiger partial charge in [-0.15, -0.1) is 0 Å². The van der Waals surface area contributed by atoms with Crippen molar-refractivity contribution in [2.24, 2.45) is 0 Å². The molecule has 0 spiro atoms. The number of benzene rings is 2. The van der Waals surface area contributed by atoms with Crippen molar-refractivity contribution in [1.82, 2.24) is 4.90 Å². The van der Waals surface area contributed by atoms with Crippen molar-refractivity contribution in [3.8, 4) is 11.1 Å². The molecular weight excluding hydrogens is 393 g/mol. The maximum absolute atomic E-state index is 13.9. The molecule has 0 bridgehead atoms. The van der Waals surface area contributed by atoms with Crippen LogP contribution in [-0.4, -0.2) is 42.4 Å². The number of hydrogen-bond donors (Lipinski definition) is 0. The first kappa shape index (κ1) is 21.6. The molecule has 1 heterocycles. The number of morpholine rings is 1. The highest BCUT2D eigenvalue weighted by atomic mass is 35.5. The van der Waals surface area contributed by atoms with Crippen LogP contribution >= 0.6 is 11.6 Å². The summed E-state index contributed by atoms with van der Waals surface area (Å²) in [4.78, 5) is 14.0. The molecule has 2 aromatic rings. The summed E-state index contributed by atoms with van der Waals surface area (Å²) in [6.07, 6.45) is 0.178. The van der Waals surface area contributed by atoms with Gasteiger partial charge >= 0.3 is 6.09 Å². The molecule has 0 unspecified atom stereocenters. The van der Waals surface area contributed by atoms with Gasteiger partial charge in [0.25, 0.3) is 0 Å². The third-order valence-corrected chi connectivity index (χ3v) is 5.08. The normalized spacial score (nSPS) is 17.3. The molecule has 1 amide bonds. The van der Waals surface area contributed by atoms with E-state index in [0.29, 0.717) is 36.7 Å². The Labute approximate surface area is 176 Å². The molecule has 0 radical (unpaired) electrons. The lowest BCUT2D eigenvalue weighted by molar-refractivity contribution is -0.0415. The van der Waals surface area contributed by atoms with Gasteiger partial charge in [0.15, 0.2) is 0 Å². The van der Waals surface area contributed by atoms with Gasteiger partial charge < -0.3 is 14.4 Å². The molecule has 1 saturated heterocycles. The number of halogens is 2. The lowest BCUT2D eigenvalue weighted by atomic mass is 10.00. The number of carbonyl (C=O) groups is 1. The Morgan fingerprint density at radius 3 is 2.69 bits per heavy atom. The van der Waals surface area contributed by atoms with E-state index < -0.39 is 5.60 Å². The van der Waals surface area contributed by atoms with Crippen LogP contribution < -0.4 is 0 Å². The summed E-state index contributed by atoms with van der Waals surface area (Å²) in [6, 6.07) is 10.9. The average Bonchev–Trinajstić information content (AvgIpc) is 2.63. The Hall–Kier alpha value is -2.11. The number of rotatable bonds is 3. The fraction of sp³-hybridized carbons (Fsp3) is 0.435. The fourth-order valence-electron chi connectivity index (χ4n) is 3.28. The van der Waals surface area contributed by atoms with Crippen LogP contribution in [0.3, 0.4) is 0 Å². The monoisotopic (exact) mass is 419 g/mol. The summed E-state index contributed by atoms with van der Waals surface area (Å²) in [5, 5.41) is 0.561. The Bertz CT molecular complexity index is 894. The van der Waals surface area contributed by atoms with Crippen LogP contribution in [0.5, 0.6) is 0 Å². The van der Waals surface area contributed by atoms with Crippen molar-refractivity contribution in [1.29, 1.82) is 0 Å². The Balaban J connectivity index is 1.68. The minimum atomic E-state index is -0.524. The largest absolute Gasteiger partial charge is 0.444 e. The topological polar surface area (TPSA) is 38.8 Å². The minimum absolute atomic E-state index is 0.130. The summed E-state index contributed by atoms with van der Waals surface area (Å²) >= 11 is 6.48. The molecule has 1 aliphatic heterocycles. The van der Waals surface area contributed by atoms with E-state index in [0.717, 1.165) is 16.7 Å². The molecule has 3 rings (SSSR count). The van der Waals surface area contributed by atoms with E-state index in [1.807, 2.05) is 45.0 Å². The van der Waals surface area contributed by atoms with E-state index in [2.05, 4.69) is 0 Å². The van der Waals surface area contributed by atoms with E-state index in [9.17, 15) is 9.18 Å². The van der Waals surface area contributed by atoms with E-state index in [-0.39, 0.29) is 18.0 Å². The van der Waals surface area contributed by atoms with Gasteiger partial charge in [-0.2, -0.15) is 0 Å². The zero-order valence-electron chi connectivity index (χ0n) is 17.3. The number of nitrogens with zero attached hydrogens (tertiary/aromatic N) is 1. The van der Waals surface area contributed by atoms with Crippen molar-refractivity contribution >= 4 is 17.7 Å². The molecule has 156 valence electrons. The van der Waals surface area contributed by atoms with Crippen molar-refractivity contribution in [3.05, 3.63) is 58.4 Å². The van der Waals surface area contributed by atoms with Gasteiger partial charge in [-0.3, -0.25) is 0 Å². The number of aryl methyl sites for hydroxylation is 1. The molecule has 1 aliphatic rings. The predicted molar refractivity (Wildman–Crippen MR) is 113 cm³/mol. The van der Waals surface area contributed by atoms with Crippen LogP contribution in [0.4, 0.5) is 9.18 Å². The molecule has 0 N–H and O–H groups in total. The van der Waals surface area contributed by atoms with Crippen molar-refractivity contribution < 1.29 is 18.7 Å². The fourth-order valence-corrected chi connectivity index (χ4v) is 3.59. The first-order valence-corrected chi connectivity index (χ1v) is 10.1. The third kappa shape index (κ3) is 5.71. The first-order valence-electron chi connectivity index (χ1n) is 9.77. The highest BCUT2D eigenvalue weighted by Gasteiger charge is 2.28. The second-order valence-corrected chi connectivity index (χ2v) is 8.81. The number of hydrogen-bond acceptors (Lipinski definition) is 3. The second kappa shape index (κ2) is 8.72. The van der Waals surface area contributed by atoms with Crippen LogP contribution in [0.15, 0.2) is 36.4 Å². The molecule has 2 aromatic carbocycles. The Kier molecular flexibility index (Phi) is 6.49. The van der Waals surface area contributed by atoms with Gasteiger partial charge in [-0.25, -0.2) is 9.18 Å². The van der Waals surface area contributed by atoms with Crippen LogP contribution in [0.25, 0.3) is 11.1 Å². The summed E-state index contributed by atoms with van der Waals surface area (Å²) < 4.78 is 25.2. The SMILES string of the molecule is Cc1ccc(-c2ccc(C[C@@H]3CN(C(=O)OC(C)(C)C)CCO3)cc2Cl)cc1F. The van der Waals surface area contributed by atoms with Gasteiger partial charge in [0, 0.05) is 23.6 Å². The standard InChI is InChI=1S/C23H27ClFNO3/c1-15-5-7-17(13-21(15)25)19-8-6-16(12-20(19)24)11-18-14-26(9-10-28-18)22(27)29-23(2,3)4/h5-8,12-13,18H,9-11,14H2,1-4H3/t18-/m1/s1. The quantitative estimate of drug-likeness (QED) is 0.646. The van der Waals surface area contributed by atoms with Crippen LogP contribution in [0.2, 0.25) is 5.02 Å². The van der Waals surface area contributed by atoms with Crippen LogP contribution in [0, 0.1) is 12.7 Å². The molecule has 0 aliphatic carbocycles. The molecule has 1 atom stereocenters. The van der Waals surface area contributed by atoms with Gasteiger partial charge in [0.05, 0.1) is 19.3 Å². The molecule has 0 aromatic heterocycles. The summed E-state index contributed by atoms with van der Waals surface area (Å²) in [5.41, 5.74) is 2.61. The minimum Gasteiger partial charge on any atom is -0.444 e. The summed E-state index contributed by atoms with van der Waals surface area (Å²) in [5.74, 6) is -0.250. The van der Waals surface area contributed by atoms with E-state index in [1.165, 1.54) is 6.07 Å². The van der Waals surface area contributed by atoms with E-state index in [1.54, 1.807) is 17.9 Å². The van der Waals surface area contributed by atoms with E-state index in [4.69, 9.17) is 21.1 Å². The highest BCUT2D eigenvalue weighted by Crippen LogP contribution is 2.30. The number of amides is 1. The molecule has 6 heteroatoms. The number of carbonyl (C=O) groups excluding carboxylic acids is 1. The zero-order valence-corrected chi connectivity index (χ0v) is 18.1. The smallest absolute Gasteiger partial charge is 0.410 e. The van der Waals surface area contributed by atoms with Gasteiger partial charge in [0.1, 0.15) is 11.4 Å². The highest BCUT2D eigenvalue weighted by molar-refractivity contribution is 6.33. The first-order chi connectivity index (χ1) is 13.6. The summed E-state index contributed by atoms with van der Waals surface area (Å²) in [6.45, 7) is 8.75. The van der Waals surface area contributed by atoms with Crippen molar-refractivity contribution in [3.63, 3.8) is 0 Å². The van der Waals surface area contributed by atoms with Gasteiger partial charge in [-0.1, -0.05) is 35.9 Å². The van der Waals surface area contributed by atoms with Crippen molar-refractivity contribution in [2.45, 2.75) is 45.8 Å². The van der Waals surface area contributed by atoms with Gasteiger partial charge in [0.2, 0.25) is 0 Å². The lowest BCUT2D eigenvalue weighted by Crippen LogP contribution is -2.48. The number of ether oxygens (including phenoxy) is 2. The lowest BCUT2D eigenvalue weighted by Gasteiger charge is -2.34. The molecular formula is C23H27ClFNO3. The molecule has 4 nitrogen and oxygen atoms in total. The second-order valence-electron chi connectivity index (χ2n) is 8.40. The van der Waals surface area contributed by atoms with Crippen LogP contribution in [-0.2, 0) is 15.9 Å². The Morgan fingerprint density at radius 2 is 2.03 bits per heavy atom. The van der Waals surface area contributed by atoms with E-state index >= 15 is 0 Å². The maximum atomic E-state index is 13.9. The predicted octanol–water partition coefficient (Wildman–Crippen LogP) is 5.63.